The second-order valence-corrected chi connectivity index (χ2v) is 5.94. The second-order valence-electron chi connectivity index (χ2n) is 5.94. The van der Waals surface area contributed by atoms with Crippen LogP contribution in [0.25, 0.3) is 0 Å². The molecule has 2 saturated heterocycles. The zero-order valence-corrected chi connectivity index (χ0v) is 13.1. The highest BCUT2D eigenvalue weighted by Crippen LogP contribution is 2.23. The molecule has 2 heterocycles. The number of carbonyl (C=O) groups excluding carboxylic acids is 2. The molecule has 0 radical (unpaired) electrons. The molecule has 124 valence electrons. The molecule has 2 fully saturated rings. The number of hydrogen-bond acceptors (Lipinski definition) is 3. The van der Waals surface area contributed by atoms with Gasteiger partial charge in [0.15, 0.2) is 0 Å². The SMILES string of the molecule is CN(C(=O)c1cc(N2CCNC2=O)ccc1F)C1CCNCC1. The number of piperidine rings is 1. The molecular weight excluding hydrogens is 299 g/mol. The van der Waals surface area contributed by atoms with E-state index in [-0.39, 0.29) is 23.5 Å². The van der Waals surface area contributed by atoms with Crippen LogP contribution < -0.4 is 15.5 Å². The number of nitrogens with zero attached hydrogens (tertiary/aromatic N) is 2. The summed E-state index contributed by atoms with van der Waals surface area (Å²) in [6.45, 7) is 2.79. The van der Waals surface area contributed by atoms with Crippen molar-refractivity contribution in [1.82, 2.24) is 15.5 Å². The van der Waals surface area contributed by atoms with Crippen molar-refractivity contribution >= 4 is 17.6 Å². The van der Waals surface area contributed by atoms with Crippen LogP contribution >= 0.6 is 0 Å². The fourth-order valence-electron chi connectivity index (χ4n) is 3.11. The molecule has 2 aliphatic rings. The van der Waals surface area contributed by atoms with Crippen molar-refractivity contribution in [3.63, 3.8) is 0 Å². The Bertz CT molecular complexity index is 616. The number of urea groups is 1. The second kappa shape index (κ2) is 6.54. The lowest BCUT2D eigenvalue weighted by Crippen LogP contribution is -2.44. The molecule has 3 amide bonds. The van der Waals surface area contributed by atoms with E-state index in [4.69, 9.17) is 0 Å². The smallest absolute Gasteiger partial charge is 0.321 e. The van der Waals surface area contributed by atoms with Crippen molar-refractivity contribution in [3.8, 4) is 0 Å². The Labute approximate surface area is 134 Å². The maximum atomic E-state index is 14.2. The van der Waals surface area contributed by atoms with Gasteiger partial charge in [0.05, 0.1) is 5.56 Å². The highest BCUT2D eigenvalue weighted by Gasteiger charge is 2.27. The van der Waals surface area contributed by atoms with Gasteiger partial charge >= 0.3 is 6.03 Å². The van der Waals surface area contributed by atoms with Crippen molar-refractivity contribution in [2.45, 2.75) is 18.9 Å². The lowest BCUT2D eigenvalue weighted by atomic mass is 10.0. The van der Waals surface area contributed by atoms with E-state index in [9.17, 15) is 14.0 Å². The van der Waals surface area contributed by atoms with Crippen molar-refractivity contribution in [2.75, 3.05) is 38.1 Å². The highest BCUT2D eigenvalue weighted by atomic mass is 19.1. The Kier molecular flexibility index (Phi) is 4.47. The molecule has 2 aliphatic heterocycles. The standard InChI is InChI=1S/C16H21FN4O2/c1-20(11-4-6-18-7-5-11)15(22)13-10-12(2-3-14(13)17)21-9-8-19-16(21)23/h2-3,10-11,18H,4-9H2,1H3,(H,19,23). The van der Waals surface area contributed by atoms with Crippen LogP contribution in [0.5, 0.6) is 0 Å². The quantitative estimate of drug-likeness (QED) is 0.879. The fourth-order valence-corrected chi connectivity index (χ4v) is 3.11. The summed E-state index contributed by atoms with van der Waals surface area (Å²) in [5.41, 5.74) is 0.562. The third kappa shape index (κ3) is 3.14. The van der Waals surface area contributed by atoms with Crippen LogP contribution in [-0.2, 0) is 0 Å². The largest absolute Gasteiger partial charge is 0.339 e. The lowest BCUT2D eigenvalue weighted by Gasteiger charge is -2.32. The molecule has 0 spiro atoms. The van der Waals surface area contributed by atoms with Gasteiger partial charge in [-0.2, -0.15) is 0 Å². The summed E-state index contributed by atoms with van der Waals surface area (Å²) in [5, 5.41) is 5.94. The van der Waals surface area contributed by atoms with Gasteiger partial charge in [0.2, 0.25) is 0 Å². The first kappa shape index (κ1) is 15.7. The molecule has 2 N–H and O–H groups in total. The zero-order chi connectivity index (χ0) is 16.4. The molecular formula is C16H21FN4O2. The first-order valence-corrected chi connectivity index (χ1v) is 7.90. The third-order valence-corrected chi connectivity index (χ3v) is 4.53. The predicted octanol–water partition coefficient (Wildman–Crippen LogP) is 1.18. The van der Waals surface area contributed by atoms with Crippen LogP contribution in [0, 0.1) is 5.82 Å². The third-order valence-electron chi connectivity index (χ3n) is 4.53. The van der Waals surface area contributed by atoms with Crippen molar-refractivity contribution < 1.29 is 14.0 Å². The number of halogens is 1. The van der Waals surface area contributed by atoms with E-state index in [0.717, 1.165) is 25.9 Å². The number of hydrogen-bond donors (Lipinski definition) is 2. The van der Waals surface area contributed by atoms with Gasteiger partial charge in [-0.15, -0.1) is 0 Å². The van der Waals surface area contributed by atoms with E-state index in [1.165, 1.54) is 23.1 Å². The van der Waals surface area contributed by atoms with Gasteiger partial charge in [-0.25, -0.2) is 9.18 Å². The van der Waals surface area contributed by atoms with Gasteiger partial charge in [0, 0.05) is 31.9 Å². The van der Waals surface area contributed by atoms with Gasteiger partial charge in [-0.1, -0.05) is 0 Å². The molecule has 0 unspecified atom stereocenters. The van der Waals surface area contributed by atoms with Crippen LogP contribution in [0.15, 0.2) is 18.2 Å². The van der Waals surface area contributed by atoms with E-state index < -0.39 is 5.82 Å². The topological polar surface area (TPSA) is 64.7 Å². The average Bonchev–Trinajstić information content (AvgIpc) is 3.01. The van der Waals surface area contributed by atoms with Crippen molar-refractivity contribution in [3.05, 3.63) is 29.6 Å². The summed E-state index contributed by atoms with van der Waals surface area (Å²) in [6.07, 6.45) is 1.72. The summed E-state index contributed by atoms with van der Waals surface area (Å²) < 4.78 is 14.2. The maximum Gasteiger partial charge on any atom is 0.321 e. The van der Waals surface area contributed by atoms with Gasteiger partial charge in [0.1, 0.15) is 5.82 Å². The number of amides is 3. The lowest BCUT2D eigenvalue weighted by molar-refractivity contribution is 0.0698. The monoisotopic (exact) mass is 320 g/mol. The van der Waals surface area contributed by atoms with E-state index in [2.05, 4.69) is 10.6 Å². The molecule has 0 saturated carbocycles. The first-order valence-electron chi connectivity index (χ1n) is 7.90. The molecule has 1 aromatic rings. The number of nitrogens with one attached hydrogen (secondary N) is 2. The Balaban J connectivity index is 1.83. The molecule has 6 nitrogen and oxygen atoms in total. The Morgan fingerprint density at radius 2 is 2.04 bits per heavy atom. The minimum Gasteiger partial charge on any atom is -0.339 e. The van der Waals surface area contributed by atoms with E-state index in [0.29, 0.717) is 18.8 Å². The molecule has 23 heavy (non-hydrogen) atoms. The number of carbonyl (C=O) groups is 2. The van der Waals surface area contributed by atoms with Gasteiger partial charge in [-0.3, -0.25) is 9.69 Å². The molecule has 0 aliphatic carbocycles. The van der Waals surface area contributed by atoms with Gasteiger partial charge in [-0.05, 0) is 44.1 Å². The normalized spacial score (nSPS) is 18.9. The Morgan fingerprint density at radius 1 is 1.30 bits per heavy atom. The molecule has 0 bridgehead atoms. The van der Waals surface area contributed by atoms with Crippen molar-refractivity contribution in [1.29, 1.82) is 0 Å². The maximum absolute atomic E-state index is 14.2. The van der Waals surface area contributed by atoms with Crippen LogP contribution in [0.4, 0.5) is 14.9 Å². The summed E-state index contributed by atoms with van der Waals surface area (Å²) in [5.74, 6) is -0.894. The summed E-state index contributed by atoms with van der Waals surface area (Å²) in [7, 11) is 1.72. The van der Waals surface area contributed by atoms with Crippen LogP contribution in [0.1, 0.15) is 23.2 Å². The van der Waals surface area contributed by atoms with Crippen LogP contribution in [0.2, 0.25) is 0 Å². The van der Waals surface area contributed by atoms with E-state index in [1.807, 2.05) is 0 Å². The average molecular weight is 320 g/mol. The summed E-state index contributed by atoms with van der Waals surface area (Å²) in [6, 6.07) is 4.15. The number of rotatable bonds is 3. The van der Waals surface area contributed by atoms with Crippen LogP contribution in [0.3, 0.4) is 0 Å². The number of anilines is 1. The Hall–Kier alpha value is -2.15. The molecule has 7 heteroatoms. The van der Waals surface area contributed by atoms with Crippen molar-refractivity contribution in [2.24, 2.45) is 0 Å². The summed E-state index contributed by atoms with van der Waals surface area (Å²) >= 11 is 0. The van der Waals surface area contributed by atoms with Gasteiger partial charge < -0.3 is 15.5 Å². The zero-order valence-electron chi connectivity index (χ0n) is 13.1. The highest BCUT2D eigenvalue weighted by molar-refractivity contribution is 5.98. The Morgan fingerprint density at radius 3 is 2.70 bits per heavy atom. The molecule has 3 rings (SSSR count). The minimum absolute atomic E-state index is 0.0169. The van der Waals surface area contributed by atoms with Crippen LogP contribution in [-0.4, -0.2) is 56.1 Å². The molecule has 0 atom stereocenters. The summed E-state index contributed by atoms with van der Waals surface area (Å²) in [4.78, 5) is 27.5. The fraction of sp³-hybridized carbons (Fsp3) is 0.500. The van der Waals surface area contributed by atoms with Gasteiger partial charge in [0.25, 0.3) is 5.91 Å². The predicted molar refractivity (Wildman–Crippen MR) is 85.1 cm³/mol. The number of benzene rings is 1. The van der Waals surface area contributed by atoms with E-state index in [1.54, 1.807) is 11.9 Å². The van der Waals surface area contributed by atoms with E-state index >= 15 is 0 Å². The minimum atomic E-state index is -0.556. The first-order chi connectivity index (χ1) is 11.1. The molecule has 0 aromatic heterocycles. The molecule has 1 aromatic carbocycles.